The highest BCUT2D eigenvalue weighted by molar-refractivity contribution is 6.20. The van der Waals surface area contributed by atoms with Crippen molar-refractivity contribution in [1.82, 2.24) is 15.0 Å². The van der Waals surface area contributed by atoms with Gasteiger partial charge in [0.2, 0.25) is 0 Å². The number of aromatic nitrogens is 3. The van der Waals surface area contributed by atoms with E-state index in [9.17, 15) is 10.2 Å². The van der Waals surface area contributed by atoms with Crippen LogP contribution in [0.2, 0.25) is 0 Å². The highest BCUT2D eigenvalue weighted by atomic mass is 16.5. The molecule has 1 heterocycles. The van der Waals surface area contributed by atoms with Gasteiger partial charge in [-0.2, -0.15) is 9.97 Å². The minimum Gasteiger partial charge on any atom is -0.507 e. The molecule has 6 nitrogen and oxygen atoms in total. The molecule has 0 amide bonds. The summed E-state index contributed by atoms with van der Waals surface area (Å²) in [5.41, 5.74) is 0.951. The van der Waals surface area contributed by atoms with Crippen molar-refractivity contribution in [2.75, 3.05) is 6.61 Å². The summed E-state index contributed by atoms with van der Waals surface area (Å²) < 4.78 is 5.80. The lowest BCUT2D eigenvalue weighted by atomic mass is 9.93. The van der Waals surface area contributed by atoms with E-state index in [-0.39, 0.29) is 28.9 Å². The van der Waals surface area contributed by atoms with E-state index >= 15 is 0 Å². The fourth-order valence-electron chi connectivity index (χ4n) is 4.65. The SMILES string of the molecule is CCCOc1nc(-c2c(O)cccc2O)nc(-c2cc3c4ccccc4ccc3c3ccccc23)n1. The zero-order chi connectivity index (χ0) is 24.6. The fourth-order valence-corrected chi connectivity index (χ4v) is 4.65. The Morgan fingerprint density at radius 1 is 0.639 bits per heavy atom. The molecule has 1 aromatic heterocycles. The average molecular weight is 474 g/mol. The molecule has 2 N–H and O–H groups in total. The first kappa shape index (κ1) is 21.8. The average Bonchev–Trinajstić information content (AvgIpc) is 2.91. The van der Waals surface area contributed by atoms with Crippen LogP contribution in [0.3, 0.4) is 0 Å². The molecule has 0 atom stereocenters. The maximum Gasteiger partial charge on any atom is 0.320 e. The third-order valence-electron chi connectivity index (χ3n) is 6.30. The summed E-state index contributed by atoms with van der Waals surface area (Å²) >= 11 is 0. The minimum atomic E-state index is -0.122. The van der Waals surface area contributed by atoms with Crippen molar-refractivity contribution in [3.05, 3.63) is 84.9 Å². The van der Waals surface area contributed by atoms with Gasteiger partial charge in [0.1, 0.15) is 17.1 Å². The summed E-state index contributed by atoms with van der Waals surface area (Å²) in [4.78, 5) is 13.8. The van der Waals surface area contributed by atoms with Crippen molar-refractivity contribution in [3.8, 4) is 40.3 Å². The van der Waals surface area contributed by atoms with Gasteiger partial charge in [0.15, 0.2) is 11.6 Å². The molecule has 0 aliphatic heterocycles. The number of phenols is 2. The first-order valence-electron chi connectivity index (χ1n) is 11.9. The Hall–Kier alpha value is -4.71. The van der Waals surface area contributed by atoms with Gasteiger partial charge in [-0.25, -0.2) is 4.98 Å². The smallest absolute Gasteiger partial charge is 0.320 e. The Kier molecular flexibility index (Phi) is 5.34. The quantitative estimate of drug-likeness (QED) is 0.266. The van der Waals surface area contributed by atoms with Crippen molar-refractivity contribution in [3.63, 3.8) is 0 Å². The van der Waals surface area contributed by atoms with Gasteiger partial charge in [0.05, 0.1) is 6.61 Å². The molecule has 6 rings (SSSR count). The van der Waals surface area contributed by atoms with E-state index in [2.05, 4.69) is 46.4 Å². The molecule has 0 fully saturated rings. The van der Waals surface area contributed by atoms with Crippen LogP contribution in [-0.2, 0) is 0 Å². The van der Waals surface area contributed by atoms with Crippen LogP contribution < -0.4 is 4.74 Å². The molecule has 176 valence electrons. The van der Waals surface area contributed by atoms with Crippen LogP contribution in [0.1, 0.15) is 13.3 Å². The van der Waals surface area contributed by atoms with E-state index in [1.165, 1.54) is 12.1 Å². The molecule has 0 saturated carbocycles. The Labute approximate surface area is 207 Å². The third kappa shape index (κ3) is 3.64. The second-order valence-electron chi connectivity index (χ2n) is 8.64. The number of rotatable bonds is 5. The lowest BCUT2D eigenvalue weighted by molar-refractivity contribution is 0.292. The number of hydrogen-bond donors (Lipinski definition) is 2. The summed E-state index contributed by atoms with van der Waals surface area (Å²) in [7, 11) is 0. The highest BCUT2D eigenvalue weighted by Crippen LogP contribution is 2.39. The number of phenolic OH excluding ortho intramolecular Hbond substituents is 2. The van der Waals surface area contributed by atoms with Crippen LogP contribution in [0.25, 0.3) is 55.1 Å². The zero-order valence-corrected chi connectivity index (χ0v) is 19.6. The Bertz CT molecular complexity index is 1740. The third-order valence-corrected chi connectivity index (χ3v) is 6.30. The summed E-state index contributed by atoms with van der Waals surface area (Å²) in [5.74, 6) is 0.300. The van der Waals surface area contributed by atoms with Gasteiger partial charge in [-0.05, 0) is 56.9 Å². The summed E-state index contributed by atoms with van der Waals surface area (Å²) in [6, 6.07) is 27.5. The van der Waals surface area contributed by atoms with E-state index in [1.54, 1.807) is 6.07 Å². The summed E-state index contributed by atoms with van der Waals surface area (Å²) in [5, 5.41) is 27.6. The maximum absolute atomic E-state index is 10.5. The zero-order valence-electron chi connectivity index (χ0n) is 19.6. The molecule has 0 aliphatic carbocycles. The van der Waals surface area contributed by atoms with E-state index in [1.807, 2.05) is 37.3 Å². The molecule has 36 heavy (non-hydrogen) atoms. The van der Waals surface area contributed by atoms with Crippen LogP contribution in [-0.4, -0.2) is 31.8 Å². The summed E-state index contributed by atoms with van der Waals surface area (Å²) in [6.45, 7) is 2.43. The van der Waals surface area contributed by atoms with Crippen molar-refractivity contribution < 1.29 is 14.9 Å². The second kappa shape index (κ2) is 8.82. The number of nitrogens with zero attached hydrogens (tertiary/aromatic N) is 3. The largest absolute Gasteiger partial charge is 0.507 e. The molecule has 6 aromatic rings. The van der Waals surface area contributed by atoms with Crippen LogP contribution in [0.15, 0.2) is 84.9 Å². The first-order valence-corrected chi connectivity index (χ1v) is 11.9. The maximum atomic E-state index is 10.5. The van der Waals surface area contributed by atoms with Gasteiger partial charge in [0, 0.05) is 5.56 Å². The fraction of sp³-hybridized carbons (Fsp3) is 0.100. The minimum absolute atomic E-state index is 0.122. The van der Waals surface area contributed by atoms with Crippen LogP contribution in [0, 0.1) is 0 Å². The standard InChI is InChI=1S/C30H23N3O3/c1-2-16-36-30-32-28(31-29(33-30)27-25(34)12-7-13-26(27)35)24-17-23-19-9-4-3-8-18(19)14-15-22(23)20-10-5-6-11-21(20)24/h3-15,17,34-35H,2,16H2,1H3. The molecule has 0 aliphatic rings. The normalized spacial score (nSPS) is 11.4. The van der Waals surface area contributed by atoms with Gasteiger partial charge in [-0.3, -0.25) is 0 Å². The monoisotopic (exact) mass is 473 g/mol. The predicted molar refractivity (Wildman–Crippen MR) is 142 cm³/mol. The van der Waals surface area contributed by atoms with Gasteiger partial charge in [-0.15, -0.1) is 0 Å². The first-order chi connectivity index (χ1) is 17.6. The molecule has 0 saturated heterocycles. The number of hydrogen-bond acceptors (Lipinski definition) is 6. The van der Waals surface area contributed by atoms with Crippen LogP contribution in [0.4, 0.5) is 0 Å². The van der Waals surface area contributed by atoms with Gasteiger partial charge in [-0.1, -0.05) is 73.7 Å². The van der Waals surface area contributed by atoms with Crippen LogP contribution >= 0.6 is 0 Å². The molecule has 0 unspecified atom stereocenters. The predicted octanol–water partition coefficient (Wildman–Crippen LogP) is 6.87. The van der Waals surface area contributed by atoms with Crippen molar-refractivity contribution in [1.29, 1.82) is 0 Å². The lowest BCUT2D eigenvalue weighted by Crippen LogP contribution is -2.05. The van der Waals surface area contributed by atoms with Crippen molar-refractivity contribution in [2.45, 2.75) is 13.3 Å². The highest BCUT2D eigenvalue weighted by Gasteiger charge is 2.19. The van der Waals surface area contributed by atoms with Crippen molar-refractivity contribution in [2.24, 2.45) is 0 Å². The summed E-state index contributed by atoms with van der Waals surface area (Å²) in [6.07, 6.45) is 0.781. The Balaban J connectivity index is 1.69. The van der Waals surface area contributed by atoms with E-state index in [4.69, 9.17) is 9.72 Å². The second-order valence-corrected chi connectivity index (χ2v) is 8.64. The van der Waals surface area contributed by atoms with Gasteiger partial charge in [0.25, 0.3) is 0 Å². The Morgan fingerprint density at radius 2 is 1.31 bits per heavy atom. The van der Waals surface area contributed by atoms with Crippen LogP contribution in [0.5, 0.6) is 17.5 Å². The molecule has 0 radical (unpaired) electrons. The van der Waals surface area contributed by atoms with E-state index < -0.39 is 0 Å². The van der Waals surface area contributed by atoms with Crippen molar-refractivity contribution >= 4 is 32.3 Å². The molecule has 0 bridgehead atoms. The molecule has 6 heteroatoms. The lowest BCUT2D eigenvalue weighted by Gasteiger charge is -2.14. The molecular weight excluding hydrogens is 450 g/mol. The molecule has 5 aromatic carbocycles. The number of benzene rings is 5. The number of fused-ring (bicyclic) bond motifs is 5. The van der Waals surface area contributed by atoms with E-state index in [0.717, 1.165) is 44.3 Å². The molecule has 0 spiro atoms. The van der Waals surface area contributed by atoms with Gasteiger partial charge < -0.3 is 14.9 Å². The number of ether oxygens (including phenoxy) is 1. The topological polar surface area (TPSA) is 88.4 Å². The number of aromatic hydroxyl groups is 2. The molecular formula is C30H23N3O3. The van der Waals surface area contributed by atoms with E-state index in [0.29, 0.717) is 12.4 Å². The van der Waals surface area contributed by atoms with Gasteiger partial charge >= 0.3 is 6.01 Å². The Morgan fingerprint density at radius 3 is 2.08 bits per heavy atom.